The number of halogens is 1. The number of hydrogen-bond acceptors (Lipinski definition) is 8. The molecule has 1 aromatic heterocycles. The standard InChI is InChI=1S/C21H16ClN5O5/c22-13-2-4-14(5-3-13)23-18(28)10-27-19(29)8-6-15(25-27)21-24-20(26-32-21)12-1-7-16-17(9-12)31-11-30-16/h1-5,7,9H,6,8,10-11H2,(H,23,28). The van der Waals surface area contributed by atoms with Gasteiger partial charge in [0.25, 0.3) is 5.89 Å². The van der Waals surface area contributed by atoms with Crippen molar-refractivity contribution in [1.29, 1.82) is 0 Å². The average molecular weight is 454 g/mol. The number of rotatable bonds is 5. The quantitative estimate of drug-likeness (QED) is 0.630. The summed E-state index contributed by atoms with van der Waals surface area (Å²) in [6.07, 6.45) is 0.506. The third kappa shape index (κ3) is 4.12. The minimum absolute atomic E-state index is 0.169. The van der Waals surface area contributed by atoms with E-state index in [1.165, 1.54) is 0 Å². The van der Waals surface area contributed by atoms with Crippen molar-refractivity contribution in [3.05, 3.63) is 53.4 Å². The first kappa shape index (κ1) is 20.0. The van der Waals surface area contributed by atoms with Crippen molar-refractivity contribution in [2.75, 3.05) is 18.7 Å². The van der Waals surface area contributed by atoms with Crippen LogP contribution in [0.2, 0.25) is 5.02 Å². The third-order valence-electron chi connectivity index (χ3n) is 4.83. The van der Waals surface area contributed by atoms with Gasteiger partial charge in [-0.25, -0.2) is 5.01 Å². The minimum Gasteiger partial charge on any atom is -0.454 e. The smallest absolute Gasteiger partial charge is 0.274 e. The Morgan fingerprint density at radius 2 is 1.91 bits per heavy atom. The second-order valence-electron chi connectivity index (χ2n) is 7.04. The summed E-state index contributed by atoms with van der Waals surface area (Å²) in [5, 5.41) is 12.6. The van der Waals surface area contributed by atoms with Gasteiger partial charge in [0, 0.05) is 29.1 Å². The van der Waals surface area contributed by atoms with Crippen LogP contribution in [0.25, 0.3) is 11.4 Å². The molecule has 11 heteroatoms. The number of nitrogens with zero attached hydrogens (tertiary/aromatic N) is 4. The number of ether oxygens (including phenoxy) is 2. The molecule has 0 bridgehead atoms. The van der Waals surface area contributed by atoms with Gasteiger partial charge in [-0.2, -0.15) is 10.1 Å². The zero-order valence-corrected chi connectivity index (χ0v) is 17.3. The molecule has 1 N–H and O–H groups in total. The third-order valence-corrected chi connectivity index (χ3v) is 5.08. The van der Waals surface area contributed by atoms with Gasteiger partial charge in [-0.3, -0.25) is 9.59 Å². The lowest BCUT2D eigenvalue weighted by Crippen LogP contribution is -2.38. The topological polar surface area (TPSA) is 119 Å². The summed E-state index contributed by atoms with van der Waals surface area (Å²) in [4.78, 5) is 29.0. The Labute approximate surface area is 186 Å². The van der Waals surface area contributed by atoms with Gasteiger partial charge in [0.15, 0.2) is 11.5 Å². The first-order chi connectivity index (χ1) is 15.5. The summed E-state index contributed by atoms with van der Waals surface area (Å²) in [5.41, 5.74) is 1.69. The maximum atomic E-state index is 12.4. The maximum Gasteiger partial charge on any atom is 0.274 e. The lowest BCUT2D eigenvalue weighted by atomic mass is 10.1. The summed E-state index contributed by atoms with van der Waals surface area (Å²) in [5.74, 6) is 1.14. The zero-order chi connectivity index (χ0) is 22.1. The summed E-state index contributed by atoms with van der Waals surface area (Å²) >= 11 is 5.85. The number of carbonyl (C=O) groups is 2. The molecule has 5 rings (SSSR count). The van der Waals surface area contributed by atoms with Crippen LogP contribution in [0, 0.1) is 0 Å². The van der Waals surface area contributed by atoms with E-state index in [-0.39, 0.29) is 31.6 Å². The van der Waals surface area contributed by atoms with Gasteiger partial charge in [0.1, 0.15) is 12.3 Å². The molecule has 2 aliphatic heterocycles. The summed E-state index contributed by atoms with van der Waals surface area (Å²) in [6.45, 7) is -0.0728. The second-order valence-corrected chi connectivity index (χ2v) is 7.48. The number of carbonyl (C=O) groups excluding carboxylic acids is 2. The molecule has 0 atom stereocenters. The highest BCUT2D eigenvalue weighted by Gasteiger charge is 2.27. The van der Waals surface area contributed by atoms with Crippen LogP contribution in [0.3, 0.4) is 0 Å². The van der Waals surface area contributed by atoms with Crippen molar-refractivity contribution in [2.45, 2.75) is 12.8 Å². The molecule has 0 radical (unpaired) electrons. The Bertz CT molecular complexity index is 1220. The number of benzene rings is 2. The number of fused-ring (bicyclic) bond motifs is 1. The van der Waals surface area contributed by atoms with Crippen molar-refractivity contribution < 1.29 is 23.6 Å². The molecule has 2 aromatic carbocycles. The first-order valence-electron chi connectivity index (χ1n) is 9.72. The highest BCUT2D eigenvalue weighted by molar-refractivity contribution is 6.30. The van der Waals surface area contributed by atoms with Crippen LogP contribution in [0.4, 0.5) is 5.69 Å². The van der Waals surface area contributed by atoms with Crippen LogP contribution in [0.5, 0.6) is 11.5 Å². The van der Waals surface area contributed by atoms with Gasteiger partial charge in [0.2, 0.25) is 24.4 Å². The number of aromatic nitrogens is 2. The molecule has 10 nitrogen and oxygen atoms in total. The lowest BCUT2D eigenvalue weighted by molar-refractivity contribution is -0.135. The number of hydrazone groups is 1. The highest BCUT2D eigenvalue weighted by atomic mass is 35.5. The average Bonchev–Trinajstić information content (AvgIpc) is 3.46. The van der Waals surface area contributed by atoms with E-state index >= 15 is 0 Å². The fourth-order valence-electron chi connectivity index (χ4n) is 3.24. The van der Waals surface area contributed by atoms with E-state index in [1.54, 1.807) is 42.5 Å². The van der Waals surface area contributed by atoms with Gasteiger partial charge < -0.3 is 19.3 Å². The van der Waals surface area contributed by atoms with Crippen LogP contribution in [0.15, 0.2) is 52.1 Å². The van der Waals surface area contributed by atoms with E-state index < -0.39 is 5.91 Å². The van der Waals surface area contributed by atoms with Crippen LogP contribution in [-0.4, -0.2) is 46.0 Å². The van der Waals surface area contributed by atoms with E-state index in [0.29, 0.717) is 45.7 Å². The van der Waals surface area contributed by atoms with Gasteiger partial charge in [-0.05, 0) is 42.5 Å². The number of hydrogen-bond donors (Lipinski definition) is 1. The first-order valence-corrected chi connectivity index (χ1v) is 10.1. The molecule has 0 fully saturated rings. The predicted molar refractivity (Wildman–Crippen MR) is 113 cm³/mol. The normalized spacial score (nSPS) is 15.0. The van der Waals surface area contributed by atoms with Crippen LogP contribution < -0.4 is 14.8 Å². The number of amides is 2. The van der Waals surface area contributed by atoms with E-state index in [2.05, 4.69) is 20.6 Å². The molecule has 2 aliphatic rings. The molecular formula is C21H16ClN5O5. The fourth-order valence-corrected chi connectivity index (χ4v) is 3.37. The molecule has 0 saturated heterocycles. The number of nitrogens with one attached hydrogen (secondary N) is 1. The van der Waals surface area contributed by atoms with Crippen molar-refractivity contribution in [2.24, 2.45) is 5.10 Å². The predicted octanol–water partition coefficient (Wildman–Crippen LogP) is 3.08. The van der Waals surface area contributed by atoms with Gasteiger partial charge in [0.05, 0.1) is 0 Å². The molecule has 0 saturated carbocycles. The minimum atomic E-state index is -0.391. The Morgan fingerprint density at radius 1 is 1.09 bits per heavy atom. The molecule has 3 aromatic rings. The summed E-state index contributed by atoms with van der Waals surface area (Å²) in [6, 6.07) is 12.0. The van der Waals surface area contributed by atoms with Gasteiger partial charge >= 0.3 is 0 Å². The maximum absolute atomic E-state index is 12.4. The van der Waals surface area contributed by atoms with Gasteiger partial charge in [-0.1, -0.05) is 16.8 Å². The molecular weight excluding hydrogens is 438 g/mol. The Balaban J connectivity index is 1.30. The van der Waals surface area contributed by atoms with E-state index in [0.717, 1.165) is 5.01 Å². The Kier molecular flexibility index (Phi) is 5.20. The van der Waals surface area contributed by atoms with E-state index in [9.17, 15) is 9.59 Å². The molecule has 162 valence electrons. The SMILES string of the molecule is O=C(CN1N=C(c2nc(-c3ccc4c(c3)OCO4)no2)CCC1=O)Nc1ccc(Cl)cc1. The molecule has 3 heterocycles. The molecule has 0 aliphatic carbocycles. The molecule has 2 amide bonds. The fraction of sp³-hybridized carbons (Fsp3) is 0.190. The van der Waals surface area contributed by atoms with E-state index in [4.69, 9.17) is 25.6 Å². The van der Waals surface area contributed by atoms with Crippen LogP contribution in [-0.2, 0) is 9.59 Å². The summed E-state index contributed by atoms with van der Waals surface area (Å²) < 4.78 is 16.0. The second kappa shape index (κ2) is 8.31. The highest BCUT2D eigenvalue weighted by Crippen LogP contribution is 2.35. The van der Waals surface area contributed by atoms with Crippen molar-refractivity contribution in [1.82, 2.24) is 15.1 Å². The molecule has 32 heavy (non-hydrogen) atoms. The lowest BCUT2D eigenvalue weighted by Gasteiger charge is -2.21. The zero-order valence-electron chi connectivity index (χ0n) is 16.6. The number of anilines is 1. The monoisotopic (exact) mass is 453 g/mol. The summed E-state index contributed by atoms with van der Waals surface area (Å²) in [7, 11) is 0. The van der Waals surface area contributed by atoms with Crippen molar-refractivity contribution in [3.63, 3.8) is 0 Å². The Morgan fingerprint density at radius 3 is 2.75 bits per heavy atom. The van der Waals surface area contributed by atoms with Crippen molar-refractivity contribution in [3.8, 4) is 22.9 Å². The van der Waals surface area contributed by atoms with Crippen LogP contribution >= 0.6 is 11.6 Å². The van der Waals surface area contributed by atoms with Gasteiger partial charge in [-0.15, -0.1) is 0 Å². The van der Waals surface area contributed by atoms with E-state index in [1.807, 2.05) is 0 Å². The molecule has 0 spiro atoms. The van der Waals surface area contributed by atoms with Crippen LogP contribution in [0.1, 0.15) is 18.7 Å². The molecule has 0 unspecified atom stereocenters. The van der Waals surface area contributed by atoms with Crippen molar-refractivity contribution >= 4 is 34.8 Å². The largest absolute Gasteiger partial charge is 0.454 e. The Hall–Kier alpha value is -3.92.